The number of methoxy groups -OCH3 is 1. The van der Waals surface area contributed by atoms with E-state index in [4.69, 9.17) is 4.74 Å². The second-order valence-electron chi connectivity index (χ2n) is 5.95. The number of anilines is 1. The number of pyridine rings is 1. The maximum atomic E-state index is 13.2. The molecule has 1 amide bonds. The molecule has 8 nitrogen and oxygen atoms in total. The quantitative estimate of drug-likeness (QED) is 0.332. The summed E-state index contributed by atoms with van der Waals surface area (Å²) in [5.74, 6) is 0.260. The number of thiazole rings is 1. The second-order valence-corrected chi connectivity index (χ2v) is 8.02. The van der Waals surface area contributed by atoms with Crippen LogP contribution in [0.1, 0.15) is 15.2 Å². The second kappa shape index (κ2) is 7.94. The molecule has 0 saturated heterocycles. The van der Waals surface area contributed by atoms with Gasteiger partial charge in [-0.1, -0.05) is 34.8 Å². The summed E-state index contributed by atoms with van der Waals surface area (Å²) >= 11 is 2.20. The van der Waals surface area contributed by atoms with Gasteiger partial charge in [0.2, 0.25) is 0 Å². The fraction of sp³-hybridized carbons (Fsp3) is 0.105. The van der Waals surface area contributed by atoms with Crippen LogP contribution in [-0.2, 0) is 6.54 Å². The Morgan fingerprint density at radius 1 is 1.21 bits per heavy atom. The molecule has 0 spiro atoms. The van der Waals surface area contributed by atoms with E-state index in [1.807, 2.05) is 24.3 Å². The van der Waals surface area contributed by atoms with Crippen molar-refractivity contribution in [3.8, 4) is 5.75 Å². The van der Waals surface area contributed by atoms with Gasteiger partial charge in [-0.15, -0.1) is 0 Å². The highest BCUT2D eigenvalue weighted by molar-refractivity contribution is 7.22. The van der Waals surface area contributed by atoms with Crippen LogP contribution in [-0.4, -0.2) is 27.9 Å². The molecule has 3 aromatic heterocycles. The molecule has 4 aromatic rings. The molecule has 4 rings (SSSR count). The first-order chi connectivity index (χ1) is 14.1. The summed E-state index contributed by atoms with van der Waals surface area (Å²) in [5, 5.41) is 11.4. The highest BCUT2D eigenvalue weighted by atomic mass is 32.1. The Hall–Kier alpha value is -3.37. The number of aromatic nitrogens is 2. The van der Waals surface area contributed by atoms with Crippen molar-refractivity contribution in [2.75, 3.05) is 12.0 Å². The summed E-state index contributed by atoms with van der Waals surface area (Å²) < 4.78 is 6.25. The fourth-order valence-electron chi connectivity index (χ4n) is 2.77. The van der Waals surface area contributed by atoms with E-state index in [0.717, 1.165) is 21.6 Å². The normalized spacial score (nSPS) is 10.8. The lowest BCUT2D eigenvalue weighted by molar-refractivity contribution is -0.380. The molecule has 0 bridgehead atoms. The molecule has 0 unspecified atom stereocenters. The van der Waals surface area contributed by atoms with E-state index in [9.17, 15) is 14.9 Å². The minimum atomic E-state index is -0.505. The van der Waals surface area contributed by atoms with E-state index >= 15 is 0 Å². The number of carbonyl (C=O) groups is 1. The third-order valence-corrected chi connectivity index (χ3v) is 6.18. The lowest BCUT2D eigenvalue weighted by atomic mass is 10.2. The van der Waals surface area contributed by atoms with E-state index in [2.05, 4.69) is 9.97 Å². The first-order valence-corrected chi connectivity index (χ1v) is 10.1. The fourth-order valence-corrected chi connectivity index (χ4v) is 4.52. The van der Waals surface area contributed by atoms with Crippen LogP contribution in [0.5, 0.6) is 5.75 Å². The smallest absolute Gasteiger partial charge is 0.324 e. The van der Waals surface area contributed by atoms with Crippen molar-refractivity contribution in [3.63, 3.8) is 0 Å². The monoisotopic (exact) mass is 426 g/mol. The van der Waals surface area contributed by atoms with E-state index in [1.165, 1.54) is 28.4 Å². The number of benzene rings is 1. The predicted molar refractivity (Wildman–Crippen MR) is 112 cm³/mol. The van der Waals surface area contributed by atoms with Gasteiger partial charge in [0.15, 0.2) is 5.13 Å². The van der Waals surface area contributed by atoms with Crippen molar-refractivity contribution in [2.45, 2.75) is 6.54 Å². The number of amides is 1. The summed E-state index contributed by atoms with van der Waals surface area (Å²) in [7, 11) is 1.57. The molecule has 10 heteroatoms. The van der Waals surface area contributed by atoms with Crippen LogP contribution in [0.25, 0.3) is 10.2 Å². The van der Waals surface area contributed by atoms with Gasteiger partial charge in [-0.3, -0.25) is 24.8 Å². The van der Waals surface area contributed by atoms with Gasteiger partial charge in [0.25, 0.3) is 5.91 Å². The topological polar surface area (TPSA) is 98.5 Å². The number of nitrogens with zero attached hydrogens (tertiary/aromatic N) is 4. The molecular weight excluding hydrogens is 412 g/mol. The van der Waals surface area contributed by atoms with E-state index < -0.39 is 4.92 Å². The van der Waals surface area contributed by atoms with Gasteiger partial charge >= 0.3 is 5.00 Å². The molecule has 0 aliphatic carbocycles. The van der Waals surface area contributed by atoms with E-state index in [-0.39, 0.29) is 22.3 Å². The molecular formula is C19H14N4O4S2. The molecule has 0 fully saturated rings. The number of carbonyl (C=O) groups excluding carboxylic acids is 1. The maximum absolute atomic E-state index is 13.2. The molecule has 0 aliphatic rings. The highest BCUT2D eigenvalue weighted by Crippen LogP contribution is 2.36. The summed E-state index contributed by atoms with van der Waals surface area (Å²) in [6, 6.07) is 12.0. The van der Waals surface area contributed by atoms with Crippen LogP contribution in [0.2, 0.25) is 0 Å². The SMILES string of the molecule is COc1cccc2sc(N(Cc3cccnc3)C(=O)c3ccc([N+](=O)[O-])s3)nc12. The third kappa shape index (κ3) is 3.80. The number of thiophene rings is 1. The lowest BCUT2D eigenvalue weighted by Gasteiger charge is -2.19. The van der Waals surface area contributed by atoms with Crippen molar-refractivity contribution >= 4 is 48.9 Å². The van der Waals surface area contributed by atoms with Crippen LogP contribution in [0.15, 0.2) is 54.9 Å². The largest absolute Gasteiger partial charge is 0.494 e. The number of nitro groups is 1. The Bertz CT molecular complexity index is 1190. The number of hydrogen-bond donors (Lipinski definition) is 0. The van der Waals surface area contributed by atoms with Gasteiger partial charge < -0.3 is 4.74 Å². The Kier molecular flexibility index (Phi) is 5.19. The third-order valence-electron chi connectivity index (χ3n) is 4.11. The first-order valence-electron chi connectivity index (χ1n) is 8.45. The number of hydrogen-bond acceptors (Lipinski definition) is 8. The van der Waals surface area contributed by atoms with Crippen molar-refractivity contribution in [1.82, 2.24) is 9.97 Å². The van der Waals surface area contributed by atoms with Gasteiger partial charge in [0.05, 0.1) is 28.2 Å². The van der Waals surface area contributed by atoms with Gasteiger partial charge in [-0.25, -0.2) is 4.98 Å². The molecule has 146 valence electrons. The van der Waals surface area contributed by atoms with Gasteiger partial charge in [-0.2, -0.15) is 0 Å². The van der Waals surface area contributed by atoms with Crippen LogP contribution >= 0.6 is 22.7 Å². The minimum Gasteiger partial charge on any atom is -0.494 e. The molecule has 0 N–H and O–H groups in total. The van der Waals surface area contributed by atoms with E-state index in [0.29, 0.717) is 16.4 Å². The average molecular weight is 426 g/mol. The predicted octanol–water partition coefficient (Wildman–Crippen LogP) is 4.52. The zero-order chi connectivity index (χ0) is 20.4. The molecule has 0 aliphatic heterocycles. The molecule has 29 heavy (non-hydrogen) atoms. The molecule has 3 heterocycles. The Morgan fingerprint density at radius 2 is 2.07 bits per heavy atom. The Balaban J connectivity index is 1.77. The molecule has 0 radical (unpaired) electrons. The lowest BCUT2D eigenvalue weighted by Crippen LogP contribution is -2.29. The summed E-state index contributed by atoms with van der Waals surface area (Å²) in [6.45, 7) is 0.237. The summed E-state index contributed by atoms with van der Waals surface area (Å²) in [5.41, 5.74) is 1.48. The van der Waals surface area contributed by atoms with Crippen LogP contribution in [0.3, 0.4) is 0 Å². The molecule has 0 saturated carbocycles. The van der Waals surface area contributed by atoms with E-state index in [1.54, 1.807) is 25.6 Å². The minimum absolute atomic E-state index is 0.0827. The summed E-state index contributed by atoms with van der Waals surface area (Å²) in [4.78, 5) is 34.3. The van der Waals surface area contributed by atoms with Gasteiger partial charge in [0.1, 0.15) is 11.3 Å². The summed E-state index contributed by atoms with van der Waals surface area (Å²) in [6.07, 6.45) is 3.33. The zero-order valence-electron chi connectivity index (χ0n) is 15.1. The Morgan fingerprint density at radius 3 is 2.76 bits per heavy atom. The van der Waals surface area contributed by atoms with Crippen LogP contribution < -0.4 is 9.64 Å². The van der Waals surface area contributed by atoms with Crippen molar-refractivity contribution in [2.24, 2.45) is 0 Å². The number of fused-ring (bicyclic) bond motifs is 1. The van der Waals surface area contributed by atoms with Crippen molar-refractivity contribution in [1.29, 1.82) is 0 Å². The molecule has 1 aromatic carbocycles. The number of ether oxygens (including phenoxy) is 1. The maximum Gasteiger partial charge on any atom is 0.324 e. The van der Waals surface area contributed by atoms with Gasteiger partial charge in [-0.05, 0) is 29.8 Å². The average Bonchev–Trinajstić information content (AvgIpc) is 3.39. The first kappa shape index (κ1) is 19.0. The van der Waals surface area contributed by atoms with Crippen molar-refractivity contribution in [3.05, 3.63) is 75.4 Å². The number of para-hydroxylation sites is 1. The van der Waals surface area contributed by atoms with Crippen LogP contribution in [0, 0.1) is 10.1 Å². The number of rotatable bonds is 6. The highest BCUT2D eigenvalue weighted by Gasteiger charge is 2.25. The van der Waals surface area contributed by atoms with Gasteiger partial charge in [0, 0.05) is 18.5 Å². The zero-order valence-corrected chi connectivity index (χ0v) is 16.8. The molecule has 0 atom stereocenters. The standard InChI is InChI=1S/C19H14N4O4S2/c1-27-13-5-2-6-14-17(13)21-19(29-14)22(11-12-4-3-9-20-10-12)18(24)15-7-8-16(28-15)23(25)26/h2-10H,11H2,1H3. The van der Waals surface area contributed by atoms with Crippen LogP contribution in [0.4, 0.5) is 10.1 Å². The van der Waals surface area contributed by atoms with Crippen molar-refractivity contribution < 1.29 is 14.5 Å². The Labute approximate surface area is 173 Å².